The average molecular weight is 367 g/mol. The van der Waals surface area contributed by atoms with Crippen LogP contribution in [-0.4, -0.2) is 28.2 Å². The second-order valence-corrected chi connectivity index (χ2v) is 7.73. The number of nitrogens with one attached hydrogen (secondary N) is 2. The van der Waals surface area contributed by atoms with Gasteiger partial charge in [0.1, 0.15) is 5.65 Å². The fraction of sp³-hybridized carbons (Fsp3) is 0.409. The predicted octanol–water partition coefficient (Wildman–Crippen LogP) is 3.99. The van der Waals surface area contributed by atoms with Gasteiger partial charge in [-0.25, -0.2) is 9.37 Å². The molecule has 3 atom stereocenters. The van der Waals surface area contributed by atoms with Crippen LogP contribution in [0.2, 0.25) is 0 Å². The molecule has 4 nitrogen and oxygen atoms in total. The lowest BCUT2D eigenvalue weighted by molar-refractivity contribution is -0.0812. The topological polar surface area (TPSA) is 60.9 Å². The Morgan fingerprint density at radius 1 is 1.22 bits per heavy atom. The lowest BCUT2D eigenvalue weighted by Gasteiger charge is -2.45. The standard InChI is InChI=1S/C22H26FN3O/c1-4-15-9-16(17-7-8-25-21-20(17)19(23)12-26-21)5-6-18(15)22(27)13(2)10-24-11-14(22)3/h5-9,12-14,24,27H,4,10-11H2,1-3H3,(H,25,26)/t13-,14+,22-. The van der Waals surface area contributed by atoms with Crippen LogP contribution >= 0.6 is 0 Å². The number of aromatic amines is 1. The van der Waals surface area contributed by atoms with Gasteiger partial charge in [-0.05, 0) is 34.7 Å². The Hall–Kier alpha value is -2.24. The Balaban J connectivity index is 1.86. The van der Waals surface area contributed by atoms with E-state index in [1.807, 2.05) is 18.2 Å². The van der Waals surface area contributed by atoms with Crippen LogP contribution in [-0.2, 0) is 12.0 Å². The van der Waals surface area contributed by atoms with Crippen molar-refractivity contribution in [3.8, 4) is 11.1 Å². The van der Waals surface area contributed by atoms with Crippen molar-refractivity contribution in [1.29, 1.82) is 0 Å². The van der Waals surface area contributed by atoms with Gasteiger partial charge >= 0.3 is 0 Å². The highest BCUT2D eigenvalue weighted by Crippen LogP contribution is 2.42. The summed E-state index contributed by atoms with van der Waals surface area (Å²) >= 11 is 0. The molecule has 27 heavy (non-hydrogen) atoms. The first-order valence-electron chi connectivity index (χ1n) is 9.65. The van der Waals surface area contributed by atoms with E-state index in [4.69, 9.17) is 0 Å². The van der Waals surface area contributed by atoms with Gasteiger partial charge in [0.25, 0.3) is 0 Å². The lowest BCUT2D eigenvalue weighted by atomic mass is 9.69. The molecule has 4 rings (SSSR count). The van der Waals surface area contributed by atoms with Gasteiger partial charge in [-0.2, -0.15) is 0 Å². The minimum Gasteiger partial charge on any atom is -0.384 e. The third kappa shape index (κ3) is 2.77. The number of aromatic nitrogens is 2. The molecule has 0 bridgehead atoms. The van der Waals surface area contributed by atoms with Gasteiger partial charge in [0.05, 0.1) is 11.0 Å². The van der Waals surface area contributed by atoms with Crippen molar-refractivity contribution in [3.63, 3.8) is 0 Å². The van der Waals surface area contributed by atoms with Crippen molar-refractivity contribution in [1.82, 2.24) is 15.3 Å². The van der Waals surface area contributed by atoms with E-state index >= 15 is 0 Å². The zero-order chi connectivity index (χ0) is 19.2. The van der Waals surface area contributed by atoms with Gasteiger partial charge in [0, 0.05) is 37.3 Å². The molecule has 1 saturated heterocycles. The summed E-state index contributed by atoms with van der Waals surface area (Å²) in [5.41, 5.74) is 3.55. The molecule has 0 aliphatic carbocycles. The molecule has 142 valence electrons. The molecule has 0 amide bonds. The predicted molar refractivity (Wildman–Crippen MR) is 106 cm³/mol. The monoisotopic (exact) mass is 367 g/mol. The number of aliphatic hydroxyl groups is 1. The third-order valence-corrected chi connectivity index (χ3v) is 6.16. The van der Waals surface area contributed by atoms with Crippen LogP contribution in [0.1, 0.15) is 31.9 Å². The minimum atomic E-state index is -0.859. The molecule has 2 aromatic heterocycles. The Morgan fingerprint density at radius 2 is 1.96 bits per heavy atom. The van der Waals surface area contributed by atoms with Gasteiger partial charge in [0.15, 0.2) is 5.82 Å². The maximum atomic E-state index is 14.3. The summed E-state index contributed by atoms with van der Waals surface area (Å²) in [6, 6.07) is 7.96. The quantitative estimate of drug-likeness (QED) is 0.656. The number of nitrogens with zero attached hydrogens (tertiary/aromatic N) is 1. The van der Waals surface area contributed by atoms with E-state index in [2.05, 4.69) is 42.1 Å². The van der Waals surface area contributed by atoms with Crippen LogP contribution in [0.4, 0.5) is 4.39 Å². The van der Waals surface area contributed by atoms with Gasteiger partial charge in [-0.15, -0.1) is 0 Å². The van der Waals surface area contributed by atoms with Gasteiger partial charge in [0.2, 0.25) is 0 Å². The number of halogens is 1. The fourth-order valence-corrected chi connectivity index (χ4v) is 4.55. The summed E-state index contributed by atoms with van der Waals surface area (Å²) in [7, 11) is 0. The molecule has 0 unspecified atom stereocenters. The number of hydrogen-bond acceptors (Lipinski definition) is 3. The highest BCUT2D eigenvalue weighted by Gasteiger charge is 2.44. The van der Waals surface area contributed by atoms with Gasteiger partial charge in [-0.1, -0.05) is 39.0 Å². The van der Waals surface area contributed by atoms with E-state index in [1.165, 1.54) is 6.20 Å². The number of pyridine rings is 1. The van der Waals surface area contributed by atoms with Crippen LogP contribution in [0.3, 0.4) is 0 Å². The number of hydrogen-bond donors (Lipinski definition) is 3. The van der Waals surface area contributed by atoms with Crippen molar-refractivity contribution in [2.75, 3.05) is 13.1 Å². The van der Waals surface area contributed by atoms with Crippen LogP contribution in [0.5, 0.6) is 0 Å². The molecule has 5 heteroatoms. The third-order valence-electron chi connectivity index (χ3n) is 6.16. The summed E-state index contributed by atoms with van der Waals surface area (Å²) in [5.74, 6) is -0.0613. The Labute approximate surface area is 158 Å². The fourth-order valence-electron chi connectivity index (χ4n) is 4.55. The molecule has 3 heterocycles. The molecule has 1 aromatic carbocycles. The summed E-state index contributed by atoms with van der Waals surface area (Å²) in [4.78, 5) is 7.08. The second kappa shape index (κ2) is 6.73. The molecule has 0 saturated carbocycles. The van der Waals surface area contributed by atoms with E-state index in [0.29, 0.717) is 11.0 Å². The molecule has 0 spiro atoms. The molecule has 3 aromatic rings. The van der Waals surface area contributed by atoms with Crippen LogP contribution in [0.25, 0.3) is 22.2 Å². The first-order chi connectivity index (χ1) is 13.0. The van der Waals surface area contributed by atoms with Crippen molar-refractivity contribution in [3.05, 3.63) is 53.6 Å². The highest BCUT2D eigenvalue weighted by atomic mass is 19.1. The Bertz CT molecular complexity index is 971. The number of benzene rings is 1. The van der Waals surface area contributed by atoms with E-state index < -0.39 is 5.60 Å². The van der Waals surface area contributed by atoms with Crippen LogP contribution in [0.15, 0.2) is 36.7 Å². The van der Waals surface area contributed by atoms with Gasteiger partial charge in [-0.3, -0.25) is 0 Å². The van der Waals surface area contributed by atoms with E-state index in [9.17, 15) is 9.50 Å². The maximum Gasteiger partial charge on any atom is 0.150 e. The van der Waals surface area contributed by atoms with Crippen LogP contribution < -0.4 is 5.32 Å². The first-order valence-corrected chi connectivity index (χ1v) is 9.65. The number of rotatable bonds is 3. The average Bonchev–Trinajstić information content (AvgIpc) is 3.07. The van der Waals surface area contributed by atoms with Gasteiger partial charge < -0.3 is 15.4 Å². The zero-order valence-corrected chi connectivity index (χ0v) is 16.0. The number of fused-ring (bicyclic) bond motifs is 1. The summed E-state index contributed by atoms with van der Waals surface area (Å²) in [5, 5.41) is 15.5. The summed E-state index contributed by atoms with van der Waals surface area (Å²) in [6.45, 7) is 7.88. The molecule has 1 aliphatic rings. The summed E-state index contributed by atoms with van der Waals surface area (Å²) in [6.07, 6.45) is 3.84. The van der Waals surface area contributed by atoms with Crippen LogP contribution in [0, 0.1) is 17.7 Å². The Kier molecular flexibility index (Phi) is 4.52. The van der Waals surface area contributed by atoms with Crippen molar-refractivity contribution in [2.45, 2.75) is 32.8 Å². The smallest absolute Gasteiger partial charge is 0.150 e. The van der Waals surface area contributed by atoms with Crippen molar-refractivity contribution >= 4 is 11.0 Å². The number of piperidine rings is 1. The SMILES string of the molecule is CCc1cc(-c2ccnc3[nH]cc(F)c23)ccc1[C@@]1(O)[C@H](C)CNC[C@@H]1C. The minimum absolute atomic E-state index is 0.118. The number of H-pyrrole nitrogens is 1. The second-order valence-electron chi connectivity index (χ2n) is 7.73. The van der Waals surface area contributed by atoms with Crippen molar-refractivity contribution in [2.24, 2.45) is 11.8 Å². The van der Waals surface area contributed by atoms with E-state index in [0.717, 1.165) is 41.8 Å². The molecular weight excluding hydrogens is 341 g/mol. The van der Waals surface area contributed by atoms with Crippen molar-refractivity contribution < 1.29 is 9.50 Å². The normalized spacial score (nSPS) is 25.8. The lowest BCUT2D eigenvalue weighted by Crippen LogP contribution is -2.53. The Morgan fingerprint density at radius 3 is 2.67 bits per heavy atom. The molecule has 1 fully saturated rings. The highest BCUT2D eigenvalue weighted by molar-refractivity contribution is 5.93. The molecular formula is C22H26FN3O. The maximum absolute atomic E-state index is 14.3. The molecule has 0 radical (unpaired) electrons. The largest absolute Gasteiger partial charge is 0.384 e. The van der Waals surface area contributed by atoms with E-state index in [-0.39, 0.29) is 17.7 Å². The number of aryl methyl sites for hydroxylation is 1. The molecule has 1 aliphatic heterocycles. The molecule has 3 N–H and O–H groups in total. The zero-order valence-electron chi connectivity index (χ0n) is 16.0. The first kappa shape index (κ1) is 18.1. The van der Waals surface area contributed by atoms with E-state index in [1.54, 1.807) is 6.20 Å². The summed E-state index contributed by atoms with van der Waals surface area (Å²) < 4.78 is 14.3.